The van der Waals surface area contributed by atoms with Crippen molar-refractivity contribution in [1.29, 1.82) is 0 Å². The Balaban J connectivity index is 1.89. The molecule has 1 saturated carbocycles. The zero-order valence-electron chi connectivity index (χ0n) is 11.6. The molecule has 0 spiro atoms. The highest BCUT2D eigenvalue weighted by atomic mass is 16.6. The Morgan fingerprint density at radius 1 is 1.33 bits per heavy atom. The third-order valence-electron chi connectivity index (χ3n) is 3.97. The van der Waals surface area contributed by atoms with E-state index in [2.05, 4.69) is 9.97 Å². The molecule has 0 atom stereocenters. The van der Waals surface area contributed by atoms with Crippen LogP contribution in [0.3, 0.4) is 0 Å². The molecule has 0 bridgehead atoms. The number of nitrogens with two attached hydrogens (primary N) is 2. The maximum Gasteiger partial charge on any atom is 0.426 e. The highest BCUT2D eigenvalue weighted by Gasteiger charge is 2.23. The van der Waals surface area contributed by atoms with E-state index in [-0.39, 0.29) is 0 Å². The molecule has 3 rings (SSSR count). The fraction of sp³-hybridized carbons (Fsp3) is 0.429. The zero-order chi connectivity index (χ0) is 14.8. The molecule has 7 nitrogen and oxygen atoms in total. The van der Waals surface area contributed by atoms with E-state index >= 15 is 0 Å². The lowest BCUT2D eigenvalue weighted by Crippen LogP contribution is -2.32. The first-order chi connectivity index (χ1) is 10.2. The van der Waals surface area contributed by atoms with Gasteiger partial charge in [-0.05, 0) is 37.8 Å². The number of hydrogen-bond donors (Lipinski definition) is 4. The minimum Gasteiger partial charge on any atom is -0.407 e. The second kappa shape index (κ2) is 5.71. The smallest absolute Gasteiger partial charge is 0.407 e. The first-order valence-electron chi connectivity index (χ1n) is 7.10. The lowest BCUT2D eigenvalue weighted by atomic mass is 9.86. The number of H-pyrrole nitrogens is 1. The SMILES string of the molecule is NNC(=O)Oc1cccc2[nH]c([C@H]3CC[C@@H](N)CC3)nc12. The van der Waals surface area contributed by atoms with E-state index in [0.717, 1.165) is 37.0 Å². The van der Waals surface area contributed by atoms with Gasteiger partial charge in [-0.1, -0.05) is 6.07 Å². The summed E-state index contributed by atoms with van der Waals surface area (Å²) in [5.41, 5.74) is 9.37. The van der Waals surface area contributed by atoms with Crippen LogP contribution >= 0.6 is 0 Å². The normalized spacial score (nSPS) is 22.2. The van der Waals surface area contributed by atoms with Crippen molar-refractivity contribution >= 4 is 17.1 Å². The monoisotopic (exact) mass is 289 g/mol. The molecule has 6 N–H and O–H groups in total. The van der Waals surface area contributed by atoms with Crippen molar-refractivity contribution in [3.63, 3.8) is 0 Å². The summed E-state index contributed by atoms with van der Waals surface area (Å²) in [6, 6.07) is 5.71. The molecule has 2 aromatic rings. The lowest BCUT2D eigenvalue weighted by Gasteiger charge is -2.24. The van der Waals surface area contributed by atoms with E-state index in [1.54, 1.807) is 12.1 Å². The molecule has 0 saturated heterocycles. The predicted octanol–water partition coefficient (Wildman–Crippen LogP) is 1.51. The summed E-state index contributed by atoms with van der Waals surface area (Å²) in [6.07, 6.45) is 3.37. The van der Waals surface area contributed by atoms with Crippen LogP contribution in [0.1, 0.15) is 37.4 Å². The van der Waals surface area contributed by atoms with Crippen LogP contribution in [0.4, 0.5) is 4.79 Å². The van der Waals surface area contributed by atoms with Crippen LogP contribution in [0.15, 0.2) is 18.2 Å². The summed E-state index contributed by atoms with van der Waals surface area (Å²) in [6.45, 7) is 0. The fourth-order valence-corrected chi connectivity index (χ4v) is 2.82. The number of rotatable bonds is 2. The number of carbonyl (C=O) groups is 1. The largest absolute Gasteiger partial charge is 0.426 e. The van der Waals surface area contributed by atoms with E-state index in [1.807, 2.05) is 11.5 Å². The van der Waals surface area contributed by atoms with Crippen molar-refractivity contribution in [1.82, 2.24) is 15.4 Å². The summed E-state index contributed by atoms with van der Waals surface area (Å²) in [5, 5.41) is 0. The number of amides is 1. The van der Waals surface area contributed by atoms with Gasteiger partial charge in [0.05, 0.1) is 5.52 Å². The summed E-state index contributed by atoms with van der Waals surface area (Å²) < 4.78 is 5.12. The summed E-state index contributed by atoms with van der Waals surface area (Å²) in [7, 11) is 0. The van der Waals surface area contributed by atoms with Crippen molar-refractivity contribution in [2.45, 2.75) is 37.6 Å². The second-order valence-electron chi connectivity index (χ2n) is 5.42. The molecule has 1 aliphatic carbocycles. The van der Waals surface area contributed by atoms with E-state index in [9.17, 15) is 4.79 Å². The van der Waals surface area contributed by atoms with Crippen molar-refractivity contribution in [2.24, 2.45) is 11.6 Å². The van der Waals surface area contributed by atoms with Crippen LogP contribution in [-0.2, 0) is 0 Å². The average Bonchev–Trinajstić information content (AvgIpc) is 2.93. The molecule has 1 aliphatic rings. The van der Waals surface area contributed by atoms with E-state index in [1.165, 1.54) is 0 Å². The van der Waals surface area contributed by atoms with Gasteiger partial charge in [-0.15, -0.1) is 0 Å². The van der Waals surface area contributed by atoms with Crippen molar-refractivity contribution < 1.29 is 9.53 Å². The molecule has 21 heavy (non-hydrogen) atoms. The molecular formula is C14H19N5O2. The van der Waals surface area contributed by atoms with Gasteiger partial charge < -0.3 is 15.5 Å². The number of para-hydroxylation sites is 1. The number of nitrogens with one attached hydrogen (secondary N) is 2. The van der Waals surface area contributed by atoms with Gasteiger partial charge in [0.2, 0.25) is 0 Å². The first-order valence-corrected chi connectivity index (χ1v) is 7.10. The Morgan fingerprint density at radius 3 is 2.81 bits per heavy atom. The molecule has 0 aliphatic heterocycles. The number of imidazole rings is 1. The van der Waals surface area contributed by atoms with Crippen LogP contribution in [0, 0.1) is 0 Å². The van der Waals surface area contributed by atoms with Gasteiger partial charge in [0, 0.05) is 12.0 Å². The van der Waals surface area contributed by atoms with Gasteiger partial charge in [-0.3, -0.25) is 5.43 Å². The molecule has 1 aromatic carbocycles. The number of hydrazine groups is 1. The third kappa shape index (κ3) is 2.84. The number of benzene rings is 1. The Labute approximate surface area is 122 Å². The van der Waals surface area contributed by atoms with E-state index in [4.69, 9.17) is 16.3 Å². The first kappa shape index (κ1) is 13.8. The van der Waals surface area contributed by atoms with Gasteiger partial charge in [-0.25, -0.2) is 15.6 Å². The van der Waals surface area contributed by atoms with E-state index < -0.39 is 6.09 Å². The minimum atomic E-state index is -0.712. The predicted molar refractivity (Wildman–Crippen MR) is 78.6 cm³/mol. The molecule has 1 heterocycles. The quantitative estimate of drug-likeness (QED) is 0.379. The summed E-state index contributed by atoms with van der Waals surface area (Å²) >= 11 is 0. The summed E-state index contributed by atoms with van der Waals surface area (Å²) in [4.78, 5) is 19.2. The maximum atomic E-state index is 11.3. The Morgan fingerprint density at radius 2 is 2.10 bits per heavy atom. The van der Waals surface area contributed by atoms with Crippen LogP contribution in [-0.4, -0.2) is 22.1 Å². The number of hydrogen-bond acceptors (Lipinski definition) is 5. The maximum absolute atomic E-state index is 11.3. The summed E-state index contributed by atoms with van der Waals surface area (Å²) in [5.74, 6) is 6.74. The molecule has 7 heteroatoms. The van der Waals surface area contributed by atoms with Gasteiger partial charge in [0.15, 0.2) is 5.75 Å². The highest BCUT2D eigenvalue weighted by Crippen LogP contribution is 2.33. The standard InChI is InChI=1S/C14H19N5O2/c15-9-6-4-8(5-7-9)13-17-10-2-1-3-11(12(10)18-13)21-14(20)19-16/h1-3,8-9H,4-7,15-16H2,(H,17,18)(H,19,20)/t8-,9+. The molecular weight excluding hydrogens is 270 g/mol. The van der Waals surface area contributed by atoms with Gasteiger partial charge in [0.25, 0.3) is 0 Å². The third-order valence-corrected chi connectivity index (χ3v) is 3.97. The van der Waals surface area contributed by atoms with Crippen LogP contribution < -0.4 is 21.7 Å². The molecule has 1 amide bonds. The Kier molecular flexibility index (Phi) is 3.76. The van der Waals surface area contributed by atoms with Gasteiger partial charge in [-0.2, -0.15) is 0 Å². The number of carbonyl (C=O) groups excluding carboxylic acids is 1. The number of ether oxygens (including phenoxy) is 1. The van der Waals surface area contributed by atoms with Gasteiger partial charge in [0.1, 0.15) is 11.3 Å². The molecule has 0 unspecified atom stereocenters. The van der Waals surface area contributed by atoms with Crippen molar-refractivity contribution in [3.05, 3.63) is 24.0 Å². The minimum absolute atomic E-state index is 0.303. The number of nitrogens with zero attached hydrogens (tertiary/aromatic N) is 1. The van der Waals surface area contributed by atoms with Crippen molar-refractivity contribution in [3.8, 4) is 5.75 Å². The van der Waals surface area contributed by atoms with E-state index in [0.29, 0.717) is 23.2 Å². The highest BCUT2D eigenvalue weighted by molar-refractivity contribution is 5.84. The van der Waals surface area contributed by atoms with Crippen LogP contribution in [0.5, 0.6) is 5.75 Å². The number of aromatic nitrogens is 2. The molecule has 0 radical (unpaired) electrons. The second-order valence-corrected chi connectivity index (χ2v) is 5.42. The number of fused-ring (bicyclic) bond motifs is 1. The zero-order valence-corrected chi connectivity index (χ0v) is 11.6. The van der Waals surface area contributed by atoms with Crippen molar-refractivity contribution in [2.75, 3.05) is 0 Å². The van der Waals surface area contributed by atoms with Gasteiger partial charge >= 0.3 is 6.09 Å². The lowest BCUT2D eigenvalue weighted by molar-refractivity contribution is 0.201. The fourth-order valence-electron chi connectivity index (χ4n) is 2.82. The molecule has 112 valence electrons. The van der Waals surface area contributed by atoms with Crippen LogP contribution in [0.25, 0.3) is 11.0 Å². The Hall–Kier alpha value is -2.12. The topological polar surface area (TPSA) is 119 Å². The number of aromatic amines is 1. The molecule has 1 fully saturated rings. The van der Waals surface area contributed by atoms with Crippen LogP contribution in [0.2, 0.25) is 0 Å². The Bertz CT molecular complexity index is 646. The average molecular weight is 289 g/mol. The molecule has 1 aromatic heterocycles.